The molecule has 0 spiro atoms. The van der Waals surface area contributed by atoms with Crippen molar-refractivity contribution in [3.8, 4) is 0 Å². The number of amides is 1. The largest absolute Gasteiger partial charge is 0.351 e. The Hall–Kier alpha value is -2.14. The first-order chi connectivity index (χ1) is 12.9. The van der Waals surface area contributed by atoms with E-state index in [1.54, 1.807) is 24.3 Å². The molecule has 144 valence electrons. The van der Waals surface area contributed by atoms with Gasteiger partial charge in [0.15, 0.2) is 9.84 Å². The summed E-state index contributed by atoms with van der Waals surface area (Å²) in [6.45, 7) is 0.626. The average Bonchev–Trinajstić information content (AvgIpc) is 2.67. The van der Waals surface area contributed by atoms with Gasteiger partial charge in [-0.1, -0.05) is 61.7 Å². The number of sulfone groups is 1. The molecule has 0 atom stereocenters. The fourth-order valence-electron chi connectivity index (χ4n) is 3.99. The van der Waals surface area contributed by atoms with E-state index in [9.17, 15) is 13.2 Å². The maximum absolute atomic E-state index is 12.6. The molecule has 0 radical (unpaired) electrons. The van der Waals surface area contributed by atoms with Gasteiger partial charge in [-0.3, -0.25) is 4.79 Å². The summed E-state index contributed by atoms with van der Waals surface area (Å²) in [5.74, 6) is -0.117. The third-order valence-corrected chi connectivity index (χ3v) is 6.29. The summed E-state index contributed by atoms with van der Waals surface area (Å²) in [6.07, 6.45) is 7.01. The van der Waals surface area contributed by atoms with E-state index in [4.69, 9.17) is 0 Å². The van der Waals surface area contributed by atoms with E-state index in [2.05, 4.69) is 29.6 Å². The van der Waals surface area contributed by atoms with Gasteiger partial charge < -0.3 is 5.32 Å². The molecule has 0 heterocycles. The molecule has 0 aliphatic heterocycles. The molecule has 4 nitrogen and oxygen atoms in total. The van der Waals surface area contributed by atoms with Gasteiger partial charge in [0.05, 0.1) is 5.75 Å². The standard InChI is InChI=1S/C22H27NO3S/c1-27(25,26)16-18-10-12-19(13-11-18)21(24)23-17-22(14-6-3-7-15-22)20-8-4-2-5-9-20/h2,4-5,8-13H,3,6-7,14-17H2,1H3,(H,23,24). The summed E-state index contributed by atoms with van der Waals surface area (Å²) in [5.41, 5.74) is 2.56. The van der Waals surface area contributed by atoms with E-state index in [-0.39, 0.29) is 17.1 Å². The zero-order valence-corrected chi connectivity index (χ0v) is 16.6. The summed E-state index contributed by atoms with van der Waals surface area (Å²) >= 11 is 0. The molecule has 1 aliphatic rings. The van der Waals surface area contributed by atoms with Crippen LogP contribution in [-0.4, -0.2) is 27.1 Å². The predicted molar refractivity (Wildman–Crippen MR) is 109 cm³/mol. The second-order valence-electron chi connectivity index (χ2n) is 7.66. The van der Waals surface area contributed by atoms with Crippen molar-refractivity contribution in [1.82, 2.24) is 5.32 Å². The van der Waals surface area contributed by atoms with Crippen LogP contribution >= 0.6 is 0 Å². The van der Waals surface area contributed by atoms with E-state index < -0.39 is 9.84 Å². The van der Waals surface area contributed by atoms with E-state index in [1.165, 1.54) is 31.1 Å². The van der Waals surface area contributed by atoms with Crippen molar-refractivity contribution < 1.29 is 13.2 Å². The highest BCUT2D eigenvalue weighted by atomic mass is 32.2. The summed E-state index contributed by atoms with van der Waals surface area (Å²) in [6, 6.07) is 17.3. The molecular formula is C22H27NO3S. The lowest BCUT2D eigenvalue weighted by Crippen LogP contribution is -2.42. The second kappa shape index (κ2) is 8.26. The quantitative estimate of drug-likeness (QED) is 0.821. The highest BCUT2D eigenvalue weighted by Gasteiger charge is 2.34. The first kappa shape index (κ1) is 19.6. The zero-order chi connectivity index (χ0) is 19.3. The Morgan fingerprint density at radius 3 is 2.19 bits per heavy atom. The Morgan fingerprint density at radius 2 is 1.59 bits per heavy atom. The molecule has 0 bridgehead atoms. The Balaban J connectivity index is 1.69. The SMILES string of the molecule is CS(=O)(=O)Cc1ccc(C(=O)NCC2(c3ccccc3)CCCCC2)cc1. The molecular weight excluding hydrogens is 358 g/mol. The normalized spacial score (nSPS) is 16.6. The molecule has 5 heteroatoms. The summed E-state index contributed by atoms with van der Waals surface area (Å²) in [5, 5.41) is 3.12. The van der Waals surface area contributed by atoms with Crippen molar-refractivity contribution in [2.24, 2.45) is 0 Å². The first-order valence-electron chi connectivity index (χ1n) is 9.48. The van der Waals surface area contributed by atoms with E-state index in [0.717, 1.165) is 12.8 Å². The molecule has 27 heavy (non-hydrogen) atoms. The van der Waals surface area contributed by atoms with Gasteiger partial charge in [-0.25, -0.2) is 8.42 Å². The van der Waals surface area contributed by atoms with Crippen LogP contribution in [-0.2, 0) is 21.0 Å². The Labute approximate surface area is 161 Å². The number of carbonyl (C=O) groups excluding carboxylic acids is 1. The van der Waals surface area contributed by atoms with Gasteiger partial charge in [-0.05, 0) is 36.1 Å². The van der Waals surface area contributed by atoms with E-state index in [1.807, 2.05) is 6.07 Å². The minimum atomic E-state index is -3.07. The summed E-state index contributed by atoms with van der Waals surface area (Å²) in [7, 11) is -3.07. The van der Waals surface area contributed by atoms with Crippen molar-refractivity contribution in [3.05, 3.63) is 71.3 Å². The minimum absolute atomic E-state index is 0.00536. The van der Waals surface area contributed by atoms with Crippen molar-refractivity contribution in [3.63, 3.8) is 0 Å². The minimum Gasteiger partial charge on any atom is -0.351 e. The van der Waals surface area contributed by atoms with Gasteiger partial charge in [0, 0.05) is 23.8 Å². The number of hydrogen-bond donors (Lipinski definition) is 1. The predicted octanol–water partition coefficient (Wildman–Crippen LogP) is 3.86. The Kier molecular flexibility index (Phi) is 6.00. The number of hydrogen-bond acceptors (Lipinski definition) is 3. The number of benzene rings is 2. The van der Waals surface area contributed by atoms with Gasteiger partial charge in [0.25, 0.3) is 5.91 Å². The highest BCUT2D eigenvalue weighted by molar-refractivity contribution is 7.89. The fourth-order valence-corrected chi connectivity index (χ4v) is 4.79. The molecule has 1 aliphatic carbocycles. The van der Waals surface area contributed by atoms with Crippen molar-refractivity contribution in [2.45, 2.75) is 43.3 Å². The topological polar surface area (TPSA) is 63.2 Å². The van der Waals surface area contributed by atoms with E-state index >= 15 is 0 Å². The van der Waals surface area contributed by atoms with Crippen LogP contribution in [0.5, 0.6) is 0 Å². The Bertz CT molecular complexity index is 868. The van der Waals surface area contributed by atoms with Gasteiger partial charge in [0.2, 0.25) is 0 Å². The third kappa shape index (κ3) is 5.19. The van der Waals surface area contributed by atoms with Gasteiger partial charge in [-0.2, -0.15) is 0 Å². The molecule has 1 N–H and O–H groups in total. The zero-order valence-electron chi connectivity index (χ0n) is 15.8. The van der Waals surface area contributed by atoms with Gasteiger partial charge in [-0.15, -0.1) is 0 Å². The molecule has 0 unspecified atom stereocenters. The van der Waals surface area contributed by atoms with Crippen LogP contribution in [0.15, 0.2) is 54.6 Å². The van der Waals surface area contributed by atoms with Crippen LogP contribution in [0.1, 0.15) is 53.6 Å². The van der Waals surface area contributed by atoms with Crippen LogP contribution in [0.25, 0.3) is 0 Å². The molecule has 1 saturated carbocycles. The lowest BCUT2D eigenvalue weighted by Gasteiger charge is -2.38. The first-order valence-corrected chi connectivity index (χ1v) is 11.5. The third-order valence-electron chi connectivity index (χ3n) is 5.43. The fraction of sp³-hybridized carbons (Fsp3) is 0.409. The molecule has 2 aromatic carbocycles. The molecule has 2 aromatic rings. The molecule has 1 fully saturated rings. The molecule has 3 rings (SSSR count). The lowest BCUT2D eigenvalue weighted by atomic mass is 9.69. The maximum Gasteiger partial charge on any atom is 0.251 e. The van der Waals surface area contributed by atoms with Crippen LogP contribution in [0, 0.1) is 0 Å². The average molecular weight is 386 g/mol. The van der Waals surface area contributed by atoms with Crippen LogP contribution < -0.4 is 5.32 Å². The van der Waals surface area contributed by atoms with Crippen LogP contribution in [0.4, 0.5) is 0 Å². The highest BCUT2D eigenvalue weighted by Crippen LogP contribution is 2.38. The number of rotatable bonds is 6. The summed E-state index contributed by atoms with van der Waals surface area (Å²) in [4.78, 5) is 12.6. The van der Waals surface area contributed by atoms with Crippen molar-refractivity contribution in [2.75, 3.05) is 12.8 Å². The molecule has 0 saturated heterocycles. The van der Waals surface area contributed by atoms with Crippen LogP contribution in [0.3, 0.4) is 0 Å². The monoisotopic (exact) mass is 385 g/mol. The van der Waals surface area contributed by atoms with Crippen molar-refractivity contribution >= 4 is 15.7 Å². The smallest absolute Gasteiger partial charge is 0.251 e. The molecule has 0 aromatic heterocycles. The molecule has 1 amide bonds. The number of carbonyl (C=O) groups is 1. The van der Waals surface area contributed by atoms with Gasteiger partial charge in [0.1, 0.15) is 0 Å². The van der Waals surface area contributed by atoms with Crippen molar-refractivity contribution in [1.29, 1.82) is 0 Å². The van der Waals surface area contributed by atoms with Gasteiger partial charge >= 0.3 is 0 Å². The van der Waals surface area contributed by atoms with E-state index in [0.29, 0.717) is 17.7 Å². The Morgan fingerprint density at radius 1 is 0.963 bits per heavy atom. The summed E-state index contributed by atoms with van der Waals surface area (Å²) < 4.78 is 22.8. The maximum atomic E-state index is 12.6. The lowest BCUT2D eigenvalue weighted by molar-refractivity contribution is 0.0936. The number of nitrogens with one attached hydrogen (secondary N) is 1. The van der Waals surface area contributed by atoms with Crippen LogP contribution in [0.2, 0.25) is 0 Å². The second-order valence-corrected chi connectivity index (χ2v) is 9.80.